The summed E-state index contributed by atoms with van der Waals surface area (Å²) in [5, 5.41) is 4.02. The fraction of sp³-hybridized carbons (Fsp3) is 0.182. The Morgan fingerprint density at radius 3 is 2.72 bits per heavy atom. The molecule has 2 aromatic rings. The molecule has 0 radical (unpaired) electrons. The third kappa shape index (κ3) is 2.12. The van der Waals surface area contributed by atoms with Gasteiger partial charge in [0.25, 0.3) is 0 Å². The number of hydrazine groups is 1. The summed E-state index contributed by atoms with van der Waals surface area (Å²) in [5.74, 6) is 5.58. The molecule has 5 N–H and O–H groups in total. The van der Waals surface area contributed by atoms with Gasteiger partial charge in [-0.15, -0.1) is 0 Å². The first-order valence-corrected chi connectivity index (χ1v) is 6.03. The van der Waals surface area contributed by atoms with Crippen molar-refractivity contribution in [1.29, 1.82) is 0 Å². The number of benzene rings is 1. The number of halogens is 2. The molecule has 0 spiro atoms. The van der Waals surface area contributed by atoms with E-state index >= 15 is 0 Å². The van der Waals surface area contributed by atoms with E-state index in [1.807, 2.05) is 0 Å². The van der Waals surface area contributed by atoms with Gasteiger partial charge in [-0.3, -0.25) is 10.5 Å². The molecule has 0 saturated carbocycles. The number of hydrogen-bond acceptors (Lipinski definition) is 4. The highest BCUT2D eigenvalue weighted by Crippen LogP contribution is 2.30. The molecular weight excluding hydrogens is 301 g/mol. The van der Waals surface area contributed by atoms with Crippen LogP contribution in [0.2, 0.25) is 0 Å². The highest BCUT2D eigenvalue weighted by Gasteiger charge is 2.22. The molecule has 0 fully saturated rings. The highest BCUT2D eigenvalue weighted by atomic mass is 79.9. The van der Waals surface area contributed by atoms with Crippen LogP contribution in [-0.2, 0) is 7.05 Å². The molecule has 0 saturated heterocycles. The lowest BCUT2D eigenvalue weighted by Gasteiger charge is -2.17. The van der Waals surface area contributed by atoms with E-state index in [1.165, 1.54) is 4.68 Å². The van der Waals surface area contributed by atoms with Gasteiger partial charge in [0.05, 0.1) is 16.7 Å². The predicted octanol–water partition coefficient (Wildman–Crippen LogP) is 1.46. The zero-order valence-electron chi connectivity index (χ0n) is 9.69. The Balaban J connectivity index is 2.52. The SMILES string of the molecule is Cn1ncc(C(NN)c2cccc(Br)c2F)c1N. The quantitative estimate of drug-likeness (QED) is 0.592. The Morgan fingerprint density at radius 2 is 2.17 bits per heavy atom. The van der Waals surface area contributed by atoms with Gasteiger partial charge < -0.3 is 5.73 Å². The zero-order chi connectivity index (χ0) is 13.3. The third-order valence-electron chi connectivity index (χ3n) is 2.78. The van der Waals surface area contributed by atoms with Gasteiger partial charge in [0.2, 0.25) is 0 Å². The van der Waals surface area contributed by atoms with Crippen LogP contribution in [0.3, 0.4) is 0 Å². The summed E-state index contributed by atoms with van der Waals surface area (Å²) in [6.07, 6.45) is 1.57. The molecule has 2 rings (SSSR count). The molecule has 0 aliphatic carbocycles. The van der Waals surface area contributed by atoms with Crippen LogP contribution in [0, 0.1) is 5.82 Å². The number of aromatic nitrogens is 2. The van der Waals surface area contributed by atoms with Crippen LogP contribution in [0.15, 0.2) is 28.9 Å². The minimum atomic E-state index is -0.545. The van der Waals surface area contributed by atoms with Crippen molar-refractivity contribution in [3.63, 3.8) is 0 Å². The Labute approximate surface area is 112 Å². The van der Waals surface area contributed by atoms with Gasteiger partial charge >= 0.3 is 0 Å². The maximum atomic E-state index is 14.1. The lowest BCUT2D eigenvalue weighted by molar-refractivity contribution is 0.556. The van der Waals surface area contributed by atoms with Crippen molar-refractivity contribution < 1.29 is 4.39 Å². The van der Waals surface area contributed by atoms with Gasteiger partial charge in [-0.25, -0.2) is 9.82 Å². The average molecular weight is 314 g/mol. The van der Waals surface area contributed by atoms with E-state index in [-0.39, 0.29) is 5.82 Å². The third-order valence-corrected chi connectivity index (χ3v) is 3.40. The summed E-state index contributed by atoms with van der Waals surface area (Å²) in [7, 11) is 1.71. The Hall–Kier alpha value is -1.44. The molecular formula is C11H13BrFN5. The first-order chi connectivity index (χ1) is 8.56. The van der Waals surface area contributed by atoms with E-state index in [2.05, 4.69) is 26.5 Å². The second-order valence-corrected chi connectivity index (χ2v) is 4.71. The van der Waals surface area contributed by atoms with Gasteiger partial charge in [-0.05, 0) is 22.0 Å². The number of nitrogen functional groups attached to an aromatic ring is 1. The fourth-order valence-electron chi connectivity index (χ4n) is 1.78. The molecule has 0 aliphatic rings. The van der Waals surface area contributed by atoms with Crippen molar-refractivity contribution in [2.75, 3.05) is 5.73 Å². The smallest absolute Gasteiger partial charge is 0.142 e. The molecule has 0 amide bonds. The van der Waals surface area contributed by atoms with Crippen LogP contribution >= 0.6 is 15.9 Å². The summed E-state index contributed by atoms with van der Waals surface area (Å²) < 4.78 is 15.9. The van der Waals surface area contributed by atoms with E-state index in [9.17, 15) is 4.39 Å². The summed E-state index contributed by atoms with van der Waals surface area (Å²) in [6.45, 7) is 0. The maximum Gasteiger partial charge on any atom is 0.142 e. The molecule has 1 unspecified atom stereocenters. The summed E-state index contributed by atoms with van der Waals surface area (Å²) in [5.41, 5.74) is 9.48. The van der Waals surface area contributed by atoms with E-state index in [4.69, 9.17) is 11.6 Å². The van der Waals surface area contributed by atoms with Crippen molar-refractivity contribution >= 4 is 21.7 Å². The average Bonchev–Trinajstić information content (AvgIpc) is 2.68. The van der Waals surface area contributed by atoms with Crippen molar-refractivity contribution in [2.24, 2.45) is 12.9 Å². The van der Waals surface area contributed by atoms with Crippen molar-refractivity contribution in [3.8, 4) is 0 Å². The number of rotatable bonds is 3. The number of aryl methyl sites for hydroxylation is 1. The topological polar surface area (TPSA) is 81.9 Å². The van der Waals surface area contributed by atoms with Crippen molar-refractivity contribution in [3.05, 3.63) is 45.8 Å². The Morgan fingerprint density at radius 1 is 1.44 bits per heavy atom. The largest absolute Gasteiger partial charge is 0.384 e. The minimum Gasteiger partial charge on any atom is -0.384 e. The van der Waals surface area contributed by atoms with Crippen LogP contribution in [0.5, 0.6) is 0 Å². The van der Waals surface area contributed by atoms with Gasteiger partial charge in [0.15, 0.2) is 0 Å². The number of nitrogens with zero attached hydrogens (tertiary/aromatic N) is 2. The van der Waals surface area contributed by atoms with Crippen LogP contribution in [0.1, 0.15) is 17.2 Å². The van der Waals surface area contributed by atoms with Gasteiger partial charge in [0.1, 0.15) is 11.6 Å². The lowest BCUT2D eigenvalue weighted by atomic mass is 10.0. The number of nitrogens with two attached hydrogens (primary N) is 2. The monoisotopic (exact) mass is 313 g/mol. The lowest BCUT2D eigenvalue weighted by Crippen LogP contribution is -2.30. The minimum absolute atomic E-state index is 0.372. The van der Waals surface area contributed by atoms with Crippen molar-refractivity contribution in [1.82, 2.24) is 15.2 Å². The second kappa shape index (κ2) is 5.05. The van der Waals surface area contributed by atoms with Gasteiger partial charge in [-0.1, -0.05) is 12.1 Å². The van der Waals surface area contributed by atoms with E-state index in [0.717, 1.165) is 0 Å². The maximum absolute atomic E-state index is 14.1. The zero-order valence-corrected chi connectivity index (χ0v) is 11.3. The van der Waals surface area contributed by atoms with Gasteiger partial charge in [-0.2, -0.15) is 5.10 Å². The number of hydrogen-bond donors (Lipinski definition) is 3. The molecule has 1 aromatic carbocycles. The Bertz CT molecular complexity index is 569. The van der Waals surface area contributed by atoms with Gasteiger partial charge in [0, 0.05) is 18.2 Å². The molecule has 0 bridgehead atoms. The number of nitrogens with one attached hydrogen (secondary N) is 1. The standard InChI is InChI=1S/C11H13BrFN5/c1-18-11(14)7(5-16-18)10(17-15)6-3-2-4-8(12)9(6)13/h2-5,10,17H,14-15H2,1H3. The highest BCUT2D eigenvalue weighted by molar-refractivity contribution is 9.10. The molecule has 96 valence electrons. The number of anilines is 1. The fourth-order valence-corrected chi connectivity index (χ4v) is 2.16. The molecule has 1 aromatic heterocycles. The summed E-state index contributed by atoms with van der Waals surface area (Å²) in [6, 6.07) is 4.46. The normalized spacial score (nSPS) is 12.7. The summed E-state index contributed by atoms with van der Waals surface area (Å²) in [4.78, 5) is 0. The van der Waals surface area contributed by atoms with E-state index < -0.39 is 6.04 Å². The van der Waals surface area contributed by atoms with Crippen LogP contribution in [-0.4, -0.2) is 9.78 Å². The first kappa shape index (κ1) is 13.0. The van der Waals surface area contributed by atoms with E-state index in [1.54, 1.807) is 31.4 Å². The molecule has 7 heteroatoms. The molecule has 18 heavy (non-hydrogen) atoms. The van der Waals surface area contributed by atoms with Crippen LogP contribution < -0.4 is 17.0 Å². The molecule has 1 heterocycles. The summed E-state index contributed by atoms with van der Waals surface area (Å²) >= 11 is 3.14. The molecule has 0 aliphatic heterocycles. The van der Waals surface area contributed by atoms with Crippen LogP contribution in [0.25, 0.3) is 0 Å². The van der Waals surface area contributed by atoms with Crippen molar-refractivity contribution in [2.45, 2.75) is 6.04 Å². The molecule has 1 atom stereocenters. The predicted molar refractivity (Wildman–Crippen MR) is 70.9 cm³/mol. The Kier molecular flexibility index (Phi) is 3.65. The first-order valence-electron chi connectivity index (χ1n) is 5.23. The van der Waals surface area contributed by atoms with E-state index in [0.29, 0.717) is 21.4 Å². The molecule has 5 nitrogen and oxygen atoms in total. The van der Waals surface area contributed by atoms with Crippen LogP contribution in [0.4, 0.5) is 10.2 Å². The second-order valence-electron chi connectivity index (χ2n) is 3.85.